The maximum absolute atomic E-state index is 12.8. The summed E-state index contributed by atoms with van der Waals surface area (Å²) >= 11 is 0. The van der Waals surface area contributed by atoms with E-state index < -0.39 is 0 Å². The lowest BCUT2D eigenvalue weighted by atomic mass is 9.84. The first-order valence-electron chi connectivity index (χ1n) is 11.4. The molecule has 0 spiro atoms. The standard InChI is InChI=1S/C26H36N4O2.HI/c1-27-25(29-20-26(15-9-10-16-26)24(31)30(2)3)28-17-22-13-7-8-14-23(22)19-32-18-21-11-5-4-6-12-21;/h4-8,11-14H,9-10,15-20H2,1-3H3,(H2,27,28,29);1H. The van der Waals surface area contributed by atoms with Crippen LogP contribution in [0.5, 0.6) is 0 Å². The van der Waals surface area contributed by atoms with Gasteiger partial charge in [0, 0.05) is 34.2 Å². The van der Waals surface area contributed by atoms with Crippen molar-refractivity contribution in [2.45, 2.75) is 45.4 Å². The minimum Gasteiger partial charge on any atom is -0.372 e. The highest BCUT2D eigenvalue weighted by atomic mass is 127. The van der Waals surface area contributed by atoms with Crippen LogP contribution < -0.4 is 10.6 Å². The van der Waals surface area contributed by atoms with Gasteiger partial charge in [0.1, 0.15) is 0 Å². The summed E-state index contributed by atoms with van der Waals surface area (Å²) < 4.78 is 5.94. The quantitative estimate of drug-likeness (QED) is 0.270. The molecule has 1 saturated carbocycles. The Morgan fingerprint density at radius 2 is 1.61 bits per heavy atom. The first-order valence-corrected chi connectivity index (χ1v) is 11.4. The van der Waals surface area contributed by atoms with E-state index in [1.54, 1.807) is 11.9 Å². The van der Waals surface area contributed by atoms with Crippen LogP contribution in [0.15, 0.2) is 59.6 Å². The van der Waals surface area contributed by atoms with E-state index in [-0.39, 0.29) is 35.3 Å². The molecular weight excluding hydrogens is 527 g/mol. The SMILES string of the molecule is CN=C(NCc1ccccc1COCc1ccccc1)NCC1(C(=O)N(C)C)CCCC1.I. The topological polar surface area (TPSA) is 66.0 Å². The highest BCUT2D eigenvalue weighted by Gasteiger charge is 2.42. The second kappa shape index (κ2) is 13.5. The smallest absolute Gasteiger partial charge is 0.230 e. The van der Waals surface area contributed by atoms with Gasteiger partial charge in [-0.1, -0.05) is 67.4 Å². The molecule has 180 valence electrons. The molecule has 0 saturated heterocycles. The molecule has 0 unspecified atom stereocenters. The molecule has 2 aromatic carbocycles. The van der Waals surface area contributed by atoms with Crippen molar-refractivity contribution in [3.8, 4) is 0 Å². The Bertz CT molecular complexity index is 896. The highest BCUT2D eigenvalue weighted by molar-refractivity contribution is 14.0. The molecule has 0 atom stereocenters. The van der Waals surface area contributed by atoms with E-state index >= 15 is 0 Å². The van der Waals surface area contributed by atoms with Gasteiger partial charge < -0.3 is 20.3 Å². The van der Waals surface area contributed by atoms with Crippen molar-refractivity contribution in [3.05, 3.63) is 71.3 Å². The molecule has 33 heavy (non-hydrogen) atoms. The molecule has 2 N–H and O–H groups in total. The van der Waals surface area contributed by atoms with Crippen LogP contribution in [0, 0.1) is 5.41 Å². The zero-order valence-electron chi connectivity index (χ0n) is 20.0. The van der Waals surface area contributed by atoms with Crippen LogP contribution in [-0.4, -0.2) is 44.5 Å². The van der Waals surface area contributed by atoms with Crippen LogP contribution in [0.1, 0.15) is 42.4 Å². The summed E-state index contributed by atoms with van der Waals surface area (Å²) in [6.07, 6.45) is 4.05. The molecule has 0 aromatic heterocycles. The fourth-order valence-corrected chi connectivity index (χ4v) is 4.37. The Morgan fingerprint density at radius 3 is 2.24 bits per heavy atom. The fourth-order valence-electron chi connectivity index (χ4n) is 4.37. The number of nitrogens with one attached hydrogen (secondary N) is 2. The minimum atomic E-state index is -0.329. The molecule has 1 aliphatic rings. The van der Waals surface area contributed by atoms with E-state index in [1.165, 1.54) is 11.1 Å². The lowest BCUT2D eigenvalue weighted by molar-refractivity contribution is -0.138. The zero-order valence-corrected chi connectivity index (χ0v) is 22.3. The van der Waals surface area contributed by atoms with Crippen molar-refractivity contribution in [2.24, 2.45) is 10.4 Å². The van der Waals surface area contributed by atoms with E-state index in [0.717, 1.165) is 31.2 Å². The Kier molecular flexibility index (Phi) is 11.1. The summed E-state index contributed by atoms with van der Waals surface area (Å²) in [7, 11) is 5.44. The van der Waals surface area contributed by atoms with Gasteiger partial charge in [-0.3, -0.25) is 9.79 Å². The van der Waals surface area contributed by atoms with Gasteiger partial charge in [-0.2, -0.15) is 0 Å². The lowest BCUT2D eigenvalue weighted by Gasteiger charge is -2.31. The number of carbonyl (C=O) groups is 1. The van der Waals surface area contributed by atoms with E-state index in [2.05, 4.69) is 39.9 Å². The largest absolute Gasteiger partial charge is 0.372 e. The van der Waals surface area contributed by atoms with Crippen molar-refractivity contribution in [2.75, 3.05) is 27.7 Å². The van der Waals surface area contributed by atoms with Crippen molar-refractivity contribution in [1.29, 1.82) is 0 Å². The Hall–Kier alpha value is -2.13. The van der Waals surface area contributed by atoms with Crippen LogP contribution in [0.2, 0.25) is 0 Å². The average molecular weight is 565 g/mol. The predicted molar refractivity (Wildman–Crippen MR) is 145 cm³/mol. The fraction of sp³-hybridized carbons (Fsp3) is 0.462. The van der Waals surface area contributed by atoms with Gasteiger partial charge >= 0.3 is 0 Å². The molecule has 0 aliphatic heterocycles. The highest BCUT2D eigenvalue weighted by Crippen LogP contribution is 2.38. The molecule has 0 radical (unpaired) electrons. The molecule has 6 nitrogen and oxygen atoms in total. The van der Waals surface area contributed by atoms with Gasteiger partial charge in [-0.05, 0) is 29.5 Å². The van der Waals surface area contributed by atoms with Crippen molar-refractivity contribution in [3.63, 3.8) is 0 Å². The van der Waals surface area contributed by atoms with Crippen LogP contribution in [0.3, 0.4) is 0 Å². The molecule has 1 aliphatic carbocycles. The zero-order chi connectivity index (χ0) is 22.8. The van der Waals surface area contributed by atoms with E-state index in [4.69, 9.17) is 4.74 Å². The predicted octanol–water partition coefficient (Wildman–Crippen LogP) is 4.34. The van der Waals surface area contributed by atoms with Gasteiger partial charge in [0.2, 0.25) is 5.91 Å². The van der Waals surface area contributed by atoms with Gasteiger partial charge in [-0.15, -0.1) is 24.0 Å². The number of nitrogens with zero attached hydrogens (tertiary/aromatic N) is 2. The second-order valence-corrected chi connectivity index (χ2v) is 8.71. The third kappa shape index (κ3) is 7.71. The Morgan fingerprint density at radius 1 is 0.970 bits per heavy atom. The molecule has 3 rings (SSSR count). The monoisotopic (exact) mass is 564 g/mol. The number of carbonyl (C=O) groups excluding carboxylic acids is 1. The molecule has 7 heteroatoms. The van der Waals surface area contributed by atoms with Gasteiger partial charge in [-0.25, -0.2) is 0 Å². The number of hydrogen-bond acceptors (Lipinski definition) is 3. The number of aliphatic imine (C=N–C) groups is 1. The number of amides is 1. The molecule has 0 bridgehead atoms. The Labute approximate surface area is 215 Å². The summed E-state index contributed by atoms with van der Waals surface area (Å²) in [6.45, 7) is 2.39. The summed E-state index contributed by atoms with van der Waals surface area (Å²) in [5.74, 6) is 0.918. The van der Waals surface area contributed by atoms with Crippen LogP contribution in [0.4, 0.5) is 0 Å². The number of ether oxygens (including phenoxy) is 1. The van der Waals surface area contributed by atoms with Crippen LogP contribution in [-0.2, 0) is 29.3 Å². The molecule has 1 amide bonds. The van der Waals surface area contributed by atoms with Crippen molar-refractivity contribution in [1.82, 2.24) is 15.5 Å². The lowest BCUT2D eigenvalue weighted by Crippen LogP contribution is -2.49. The number of benzene rings is 2. The third-order valence-corrected chi connectivity index (χ3v) is 6.17. The van der Waals surface area contributed by atoms with Crippen molar-refractivity contribution >= 4 is 35.8 Å². The normalized spacial score (nSPS) is 14.9. The van der Waals surface area contributed by atoms with E-state index in [9.17, 15) is 4.79 Å². The molecular formula is C26H37IN4O2. The number of halogens is 1. The summed E-state index contributed by atoms with van der Waals surface area (Å²) in [4.78, 5) is 18.9. The second-order valence-electron chi connectivity index (χ2n) is 8.71. The van der Waals surface area contributed by atoms with Gasteiger partial charge in [0.25, 0.3) is 0 Å². The Balaban J connectivity index is 0.00000385. The third-order valence-electron chi connectivity index (χ3n) is 6.17. The first kappa shape index (κ1) is 27.1. The van der Waals surface area contributed by atoms with Crippen LogP contribution >= 0.6 is 24.0 Å². The molecule has 2 aromatic rings. The van der Waals surface area contributed by atoms with Gasteiger partial charge in [0.15, 0.2) is 5.96 Å². The van der Waals surface area contributed by atoms with Gasteiger partial charge in [0.05, 0.1) is 18.6 Å². The summed E-state index contributed by atoms with van der Waals surface area (Å²) in [6, 6.07) is 18.5. The average Bonchev–Trinajstić information content (AvgIpc) is 3.30. The molecule has 0 heterocycles. The van der Waals surface area contributed by atoms with E-state index in [0.29, 0.717) is 32.3 Å². The first-order chi connectivity index (χ1) is 15.5. The maximum atomic E-state index is 12.8. The summed E-state index contributed by atoms with van der Waals surface area (Å²) in [5, 5.41) is 6.80. The number of hydrogen-bond donors (Lipinski definition) is 2. The minimum absolute atomic E-state index is 0. The maximum Gasteiger partial charge on any atom is 0.230 e. The summed E-state index contributed by atoms with van der Waals surface area (Å²) in [5.41, 5.74) is 3.16. The molecule has 1 fully saturated rings. The number of guanidine groups is 1. The van der Waals surface area contributed by atoms with Crippen molar-refractivity contribution < 1.29 is 9.53 Å². The van der Waals surface area contributed by atoms with Crippen LogP contribution in [0.25, 0.3) is 0 Å². The van der Waals surface area contributed by atoms with E-state index in [1.807, 2.05) is 44.4 Å². The number of rotatable bonds is 9.